The van der Waals surface area contributed by atoms with Crippen LogP contribution in [0.3, 0.4) is 0 Å². The van der Waals surface area contributed by atoms with E-state index in [9.17, 15) is 4.79 Å². The van der Waals surface area contributed by atoms with Crippen molar-refractivity contribution in [3.05, 3.63) is 72.4 Å². The van der Waals surface area contributed by atoms with Gasteiger partial charge >= 0.3 is 0 Å². The molecule has 1 saturated heterocycles. The van der Waals surface area contributed by atoms with Crippen LogP contribution in [0.15, 0.2) is 71.4 Å². The maximum Gasteiger partial charge on any atom is 0.280 e. The van der Waals surface area contributed by atoms with E-state index >= 15 is 0 Å². The molecule has 0 N–H and O–H groups in total. The third-order valence-corrected chi connectivity index (χ3v) is 5.55. The number of likely N-dealkylation sites (tertiary alicyclic amines) is 1. The number of nitrogens with zero attached hydrogens (tertiary/aromatic N) is 6. The molecule has 2 aromatic heterocycles. The lowest BCUT2D eigenvalue weighted by molar-refractivity contribution is -0.130. The normalized spacial score (nSPS) is 16.0. The molecule has 0 unspecified atom stereocenters. The van der Waals surface area contributed by atoms with Crippen LogP contribution in [-0.2, 0) is 11.2 Å². The molecule has 8 nitrogen and oxygen atoms in total. The molecular formula is C23H22N6O2. The maximum absolute atomic E-state index is 12.6. The number of benzene rings is 2. The van der Waals surface area contributed by atoms with Gasteiger partial charge in [0.2, 0.25) is 11.7 Å². The summed E-state index contributed by atoms with van der Waals surface area (Å²) >= 11 is 0. The summed E-state index contributed by atoms with van der Waals surface area (Å²) in [6.45, 7) is 1.36. The average Bonchev–Trinajstić information content (AvgIpc) is 3.58. The highest BCUT2D eigenvalue weighted by molar-refractivity contribution is 5.76. The first kappa shape index (κ1) is 19.2. The van der Waals surface area contributed by atoms with E-state index in [-0.39, 0.29) is 11.9 Å². The first-order valence-electron chi connectivity index (χ1n) is 10.4. The lowest BCUT2D eigenvalue weighted by Crippen LogP contribution is -2.29. The zero-order valence-corrected chi connectivity index (χ0v) is 17.0. The molecule has 2 aromatic carbocycles. The second-order valence-corrected chi connectivity index (χ2v) is 7.64. The Morgan fingerprint density at radius 2 is 1.84 bits per heavy atom. The van der Waals surface area contributed by atoms with Gasteiger partial charge in [0.15, 0.2) is 5.69 Å². The van der Waals surface area contributed by atoms with Gasteiger partial charge in [-0.25, -0.2) is 4.68 Å². The highest BCUT2D eigenvalue weighted by Gasteiger charge is 2.28. The van der Waals surface area contributed by atoms with Gasteiger partial charge in [0.1, 0.15) is 0 Å². The summed E-state index contributed by atoms with van der Waals surface area (Å²) in [5.41, 5.74) is 2.59. The van der Waals surface area contributed by atoms with E-state index in [0.717, 1.165) is 24.9 Å². The summed E-state index contributed by atoms with van der Waals surface area (Å²) in [4.78, 5) is 18.9. The molecule has 1 amide bonds. The van der Waals surface area contributed by atoms with E-state index in [0.29, 0.717) is 30.4 Å². The lowest BCUT2D eigenvalue weighted by Gasteiger charge is -2.16. The highest BCUT2D eigenvalue weighted by Crippen LogP contribution is 2.25. The molecule has 0 bridgehead atoms. The molecule has 0 spiro atoms. The van der Waals surface area contributed by atoms with E-state index < -0.39 is 0 Å². The van der Waals surface area contributed by atoms with E-state index in [1.165, 1.54) is 5.56 Å². The minimum absolute atomic E-state index is 0.0958. The van der Waals surface area contributed by atoms with Crippen LogP contribution in [0, 0.1) is 0 Å². The first-order chi connectivity index (χ1) is 15.3. The average molecular weight is 414 g/mol. The Balaban J connectivity index is 1.21. The monoisotopic (exact) mass is 414 g/mol. The first-order valence-corrected chi connectivity index (χ1v) is 10.4. The van der Waals surface area contributed by atoms with E-state index in [4.69, 9.17) is 4.52 Å². The van der Waals surface area contributed by atoms with E-state index in [1.807, 2.05) is 59.6 Å². The fourth-order valence-electron chi connectivity index (χ4n) is 3.82. The Morgan fingerprint density at radius 3 is 2.65 bits per heavy atom. The topological polar surface area (TPSA) is 89.9 Å². The molecule has 0 aliphatic carbocycles. The summed E-state index contributed by atoms with van der Waals surface area (Å²) < 4.78 is 7.17. The fraction of sp³-hybridized carbons (Fsp3) is 0.261. The Kier molecular flexibility index (Phi) is 5.26. The molecule has 0 saturated carbocycles. The smallest absolute Gasteiger partial charge is 0.280 e. The van der Waals surface area contributed by atoms with Crippen LogP contribution in [0.25, 0.3) is 23.0 Å². The predicted octanol–water partition coefficient (Wildman–Crippen LogP) is 3.40. The summed E-state index contributed by atoms with van der Waals surface area (Å²) in [6, 6.07) is 19.8. The molecule has 3 heterocycles. The van der Waals surface area contributed by atoms with Gasteiger partial charge in [-0.1, -0.05) is 71.0 Å². The van der Waals surface area contributed by atoms with Gasteiger partial charge in [0, 0.05) is 25.1 Å². The summed E-state index contributed by atoms with van der Waals surface area (Å²) in [6.07, 6.45) is 3.93. The molecule has 0 radical (unpaired) electrons. The van der Waals surface area contributed by atoms with E-state index in [1.54, 1.807) is 4.68 Å². The van der Waals surface area contributed by atoms with Gasteiger partial charge in [-0.15, -0.1) is 5.10 Å². The second kappa shape index (κ2) is 8.51. The molecule has 1 atom stereocenters. The number of carbonyl (C=O) groups excluding carboxylic acids is 1. The number of hydrogen-bond acceptors (Lipinski definition) is 6. The summed E-state index contributed by atoms with van der Waals surface area (Å²) in [5.74, 6) is 1.02. The number of rotatable bonds is 6. The largest absolute Gasteiger partial charge is 0.340 e. The molecular weight excluding hydrogens is 392 g/mol. The SMILES string of the molecule is O=C(CCc1ccccc1)N1CC[C@H](n2cc(-c3nc(-c4ccccc4)no3)nn2)C1. The van der Waals surface area contributed by atoms with Crippen molar-refractivity contribution in [1.29, 1.82) is 0 Å². The van der Waals surface area contributed by atoms with Crippen LogP contribution in [0.1, 0.15) is 24.4 Å². The van der Waals surface area contributed by atoms with Crippen molar-refractivity contribution in [3.8, 4) is 23.0 Å². The highest BCUT2D eigenvalue weighted by atomic mass is 16.5. The number of hydrogen-bond donors (Lipinski definition) is 0. The number of carbonyl (C=O) groups is 1. The molecule has 5 rings (SSSR count). The van der Waals surface area contributed by atoms with Crippen LogP contribution < -0.4 is 0 Å². The molecule has 1 aliphatic rings. The van der Waals surface area contributed by atoms with E-state index in [2.05, 4.69) is 32.6 Å². The van der Waals surface area contributed by atoms with Crippen molar-refractivity contribution in [2.24, 2.45) is 0 Å². The minimum Gasteiger partial charge on any atom is -0.340 e. The van der Waals surface area contributed by atoms with Crippen LogP contribution in [-0.4, -0.2) is 49.0 Å². The molecule has 156 valence electrons. The van der Waals surface area contributed by atoms with Crippen molar-refractivity contribution in [2.45, 2.75) is 25.3 Å². The maximum atomic E-state index is 12.6. The molecule has 1 aliphatic heterocycles. The van der Waals surface area contributed by atoms with Gasteiger partial charge in [0.25, 0.3) is 5.89 Å². The van der Waals surface area contributed by atoms with Crippen LogP contribution in [0.4, 0.5) is 0 Å². The van der Waals surface area contributed by atoms with Gasteiger partial charge < -0.3 is 9.42 Å². The lowest BCUT2D eigenvalue weighted by atomic mass is 10.1. The third-order valence-electron chi connectivity index (χ3n) is 5.55. The molecule has 31 heavy (non-hydrogen) atoms. The van der Waals surface area contributed by atoms with Crippen molar-refractivity contribution in [3.63, 3.8) is 0 Å². The Hall–Kier alpha value is -3.81. The van der Waals surface area contributed by atoms with Crippen LogP contribution in [0.2, 0.25) is 0 Å². The zero-order chi connectivity index (χ0) is 21.0. The summed E-state index contributed by atoms with van der Waals surface area (Å²) in [5, 5.41) is 12.5. The molecule has 1 fully saturated rings. The van der Waals surface area contributed by atoms with Crippen molar-refractivity contribution < 1.29 is 9.32 Å². The van der Waals surface area contributed by atoms with Crippen molar-refractivity contribution >= 4 is 5.91 Å². The van der Waals surface area contributed by atoms with Crippen molar-refractivity contribution in [1.82, 2.24) is 30.0 Å². The van der Waals surface area contributed by atoms with Gasteiger partial charge in [0.05, 0.1) is 12.2 Å². The Bertz CT molecular complexity index is 1160. The van der Waals surface area contributed by atoms with Gasteiger partial charge in [-0.3, -0.25) is 4.79 Å². The van der Waals surface area contributed by atoms with Crippen molar-refractivity contribution in [2.75, 3.05) is 13.1 Å². The number of amides is 1. The van der Waals surface area contributed by atoms with Crippen LogP contribution in [0.5, 0.6) is 0 Å². The number of aromatic nitrogens is 5. The summed E-state index contributed by atoms with van der Waals surface area (Å²) in [7, 11) is 0. The van der Waals surface area contributed by atoms with Gasteiger partial charge in [-0.2, -0.15) is 4.98 Å². The quantitative estimate of drug-likeness (QED) is 0.480. The van der Waals surface area contributed by atoms with Crippen LogP contribution >= 0.6 is 0 Å². The third kappa shape index (κ3) is 4.23. The number of aryl methyl sites for hydroxylation is 1. The standard InChI is InChI=1S/C23H22N6O2/c30-21(12-11-17-7-3-1-4-8-17)28-14-13-19(15-28)29-16-20(25-27-29)23-24-22(26-31-23)18-9-5-2-6-10-18/h1-10,16,19H,11-15H2/t19-/m0/s1. The molecule has 8 heteroatoms. The second-order valence-electron chi connectivity index (χ2n) is 7.64. The zero-order valence-electron chi connectivity index (χ0n) is 17.0. The van der Waals surface area contributed by atoms with Gasteiger partial charge in [-0.05, 0) is 18.4 Å². The fourth-order valence-corrected chi connectivity index (χ4v) is 3.82. The Morgan fingerprint density at radius 1 is 1.06 bits per heavy atom. The minimum atomic E-state index is 0.0958. The predicted molar refractivity (Wildman–Crippen MR) is 114 cm³/mol. The Labute approximate surface area is 179 Å². The molecule has 4 aromatic rings.